The zero-order chi connectivity index (χ0) is 33.4. The second-order valence-corrected chi connectivity index (χ2v) is 13.9. The van der Waals surface area contributed by atoms with E-state index in [1.807, 2.05) is 24.3 Å². The van der Waals surface area contributed by atoms with Crippen LogP contribution in [0.25, 0.3) is 0 Å². The number of benzene rings is 2. The van der Waals surface area contributed by atoms with Crippen LogP contribution in [0.5, 0.6) is 0 Å². The Morgan fingerprint density at radius 2 is 1.43 bits per heavy atom. The summed E-state index contributed by atoms with van der Waals surface area (Å²) in [4.78, 5) is 33.0. The monoisotopic (exact) mass is 658 g/mol. The first-order valence-corrected chi connectivity index (χ1v) is 17.5. The number of carbonyl (C=O) groups excluding carboxylic acids is 1. The largest absolute Gasteiger partial charge is 0.480 e. The zero-order valence-electron chi connectivity index (χ0n) is 26.9. The topological polar surface area (TPSA) is 135 Å². The van der Waals surface area contributed by atoms with Crippen LogP contribution in [-0.4, -0.2) is 80.0 Å². The van der Waals surface area contributed by atoms with E-state index in [-0.39, 0.29) is 24.9 Å². The molecule has 1 aromatic heterocycles. The van der Waals surface area contributed by atoms with Crippen LogP contribution in [0, 0.1) is 17.8 Å². The number of anilines is 2. The number of pyridine rings is 1. The maximum absolute atomic E-state index is 12.8. The summed E-state index contributed by atoms with van der Waals surface area (Å²) >= 11 is 0. The number of rotatable bonds is 10. The molecule has 0 unspecified atom stereocenters. The van der Waals surface area contributed by atoms with E-state index >= 15 is 0 Å². The van der Waals surface area contributed by atoms with Gasteiger partial charge >= 0.3 is 5.97 Å². The number of carbonyl (C=O) groups is 2. The van der Waals surface area contributed by atoms with Gasteiger partial charge in [0.05, 0.1) is 0 Å². The van der Waals surface area contributed by atoms with Crippen LogP contribution in [0.3, 0.4) is 0 Å². The molecule has 11 nitrogen and oxygen atoms in total. The lowest BCUT2D eigenvalue weighted by Crippen LogP contribution is -2.55. The molecule has 3 heterocycles. The molecule has 3 N–H and O–H groups in total. The average molecular weight is 659 g/mol. The molecule has 47 heavy (non-hydrogen) atoms. The third-order valence-electron chi connectivity index (χ3n) is 8.47. The Labute approximate surface area is 277 Å². The van der Waals surface area contributed by atoms with Crippen LogP contribution in [0.2, 0.25) is 0 Å². The fourth-order valence-corrected chi connectivity index (χ4v) is 7.16. The second-order valence-electron chi connectivity index (χ2n) is 12.2. The summed E-state index contributed by atoms with van der Waals surface area (Å²) in [6.07, 6.45) is 5.34. The second kappa shape index (κ2) is 15.4. The first kappa shape index (κ1) is 33.9. The molecule has 12 heteroatoms. The Balaban J connectivity index is 1.12. The molecule has 0 saturated carbocycles. The number of hydrogen-bond acceptors (Lipinski definition) is 7. The number of hydrogen-bond donors (Lipinski definition) is 3. The maximum Gasteiger partial charge on any atom is 0.322 e. The van der Waals surface area contributed by atoms with Crippen molar-refractivity contribution in [2.45, 2.75) is 45.7 Å². The molecule has 2 aromatic carbocycles. The fraction of sp³-hybridized carbons (Fsp3) is 0.400. The van der Waals surface area contributed by atoms with E-state index in [4.69, 9.17) is 0 Å². The van der Waals surface area contributed by atoms with Crippen molar-refractivity contribution in [3.05, 3.63) is 89.2 Å². The summed E-state index contributed by atoms with van der Waals surface area (Å²) in [7, 11) is -3.92. The summed E-state index contributed by atoms with van der Waals surface area (Å²) in [6, 6.07) is 18.3. The van der Waals surface area contributed by atoms with Crippen molar-refractivity contribution >= 4 is 33.5 Å². The first-order valence-electron chi connectivity index (χ1n) is 16.0. The van der Waals surface area contributed by atoms with E-state index in [0.717, 1.165) is 29.9 Å². The highest BCUT2D eigenvalue weighted by Gasteiger charge is 2.33. The van der Waals surface area contributed by atoms with Gasteiger partial charge in [0.1, 0.15) is 11.7 Å². The van der Waals surface area contributed by atoms with Crippen LogP contribution in [-0.2, 0) is 21.5 Å². The predicted octanol–water partition coefficient (Wildman–Crippen LogP) is 3.47. The van der Waals surface area contributed by atoms with Gasteiger partial charge in [-0.3, -0.25) is 14.6 Å². The van der Waals surface area contributed by atoms with Gasteiger partial charge in [-0.25, -0.2) is 0 Å². The molecule has 5 rings (SSSR count). The van der Waals surface area contributed by atoms with Gasteiger partial charge in [-0.05, 0) is 79.3 Å². The van der Waals surface area contributed by atoms with Crippen molar-refractivity contribution in [2.75, 3.05) is 49.1 Å². The van der Waals surface area contributed by atoms with E-state index in [2.05, 4.69) is 60.9 Å². The minimum absolute atomic E-state index is 0.240. The Morgan fingerprint density at radius 3 is 2.04 bits per heavy atom. The minimum atomic E-state index is -3.92. The van der Waals surface area contributed by atoms with E-state index in [0.29, 0.717) is 30.9 Å². The highest BCUT2D eigenvalue weighted by atomic mass is 32.2. The van der Waals surface area contributed by atoms with Gasteiger partial charge in [0.25, 0.3) is 16.1 Å². The standard InChI is InChI=1S/C35H42N6O5S/c1-26(2)33(35(43)44)38-47(45,46)41-22-20-40(21-23-41)31-12-8-27(9-13-31)6-7-28-16-17-36-32(24-28)34(42)37-25-29-10-14-30(15-11-29)39-18-4-3-5-19-39/h8-17,24,26,33,38H,3-5,18-23,25H2,1-2H3,(H,37,42)(H,43,44)/t33-/m1/s1. The van der Waals surface area contributed by atoms with Gasteiger partial charge in [-0.2, -0.15) is 17.4 Å². The summed E-state index contributed by atoms with van der Waals surface area (Å²) in [5.41, 5.74) is 4.96. The van der Waals surface area contributed by atoms with E-state index in [1.54, 1.807) is 32.2 Å². The normalized spacial score (nSPS) is 16.3. The molecule has 0 radical (unpaired) electrons. The molecule has 0 spiro atoms. The van der Waals surface area contributed by atoms with Gasteiger partial charge in [0.15, 0.2) is 0 Å². The molecule has 2 aliphatic heterocycles. The number of amides is 1. The molecule has 2 saturated heterocycles. The van der Waals surface area contributed by atoms with Gasteiger partial charge in [0, 0.05) is 74.5 Å². The predicted molar refractivity (Wildman–Crippen MR) is 182 cm³/mol. The van der Waals surface area contributed by atoms with Crippen molar-refractivity contribution in [2.24, 2.45) is 5.92 Å². The van der Waals surface area contributed by atoms with Crippen LogP contribution in [0.4, 0.5) is 11.4 Å². The zero-order valence-corrected chi connectivity index (χ0v) is 27.7. The molecule has 248 valence electrons. The van der Waals surface area contributed by atoms with Gasteiger partial charge in [-0.1, -0.05) is 37.8 Å². The third kappa shape index (κ3) is 9.10. The summed E-state index contributed by atoms with van der Waals surface area (Å²) in [5.74, 6) is 4.41. The third-order valence-corrected chi connectivity index (χ3v) is 10.1. The minimum Gasteiger partial charge on any atom is -0.480 e. The molecule has 3 aromatic rings. The van der Waals surface area contributed by atoms with Crippen molar-refractivity contribution in [3.63, 3.8) is 0 Å². The van der Waals surface area contributed by atoms with E-state index in [9.17, 15) is 23.1 Å². The molecule has 2 aliphatic rings. The number of carboxylic acids is 1. The van der Waals surface area contributed by atoms with Crippen LogP contribution >= 0.6 is 0 Å². The number of aromatic nitrogens is 1. The quantitative estimate of drug-likeness (QED) is 0.282. The summed E-state index contributed by atoms with van der Waals surface area (Å²) in [5, 5.41) is 12.3. The Kier molecular flexibility index (Phi) is 11.1. The lowest BCUT2D eigenvalue weighted by Gasteiger charge is -2.36. The van der Waals surface area contributed by atoms with E-state index in [1.165, 1.54) is 29.3 Å². The van der Waals surface area contributed by atoms with Crippen molar-refractivity contribution in [1.29, 1.82) is 0 Å². The van der Waals surface area contributed by atoms with Crippen LogP contribution in [0.1, 0.15) is 60.3 Å². The summed E-state index contributed by atoms with van der Waals surface area (Å²) in [6.45, 7) is 7.35. The lowest BCUT2D eigenvalue weighted by atomic mass is 10.1. The van der Waals surface area contributed by atoms with Gasteiger partial charge < -0.3 is 20.2 Å². The Morgan fingerprint density at radius 1 is 0.830 bits per heavy atom. The molecule has 2 fully saturated rings. The average Bonchev–Trinajstić information content (AvgIpc) is 3.09. The molecular weight excluding hydrogens is 616 g/mol. The van der Waals surface area contributed by atoms with Crippen LogP contribution in [0.15, 0.2) is 66.9 Å². The Bertz CT molecular complexity index is 1700. The summed E-state index contributed by atoms with van der Waals surface area (Å²) < 4.78 is 29.2. The van der Waals surface area contributed by atoms with Crippen LogP contribution < -0.4 is 19.8 Å². The molecule has 1 atom stereocenters. The lowest BCUT2D eigenvalue weighted by molar-refractivity contribution is -0.140. The molecule has 0 bridgehead atoms. The number of nitrogens with zero attached hydrogens (tertiary/aromatic N) is 4. The smallest absolute Gasteiger partial charge is 0.322 e. The van der Waals surface area contributed by atoms with Crippen molar-refractivity contribution < 1.29 is 23.1 Å². The number of piperidine rings is 1. The maximum atomic E-state index is 12.8. The highest BCUT2D eigenvalue weighted by molar-refractivity contribution is 7.87. The number of aliphatic carboxylic acids is 1. The Hall–Kier alpha value is -4.44. The fourth-order valence-electron chi connectivity index (χ4n) is 5.68. The number of piperazine rings is 1. The molecule has 1 amide bonds. The molecule has 0 aliphatic carbocycles. The van der Waals surface area contributed by atoms with Crippen molar-refractivity contribution in [1.82, 2.24) is 19.3 Å². The first-order chi connectivity index (χ1) is 22.6. The van der Waals surface area contributed by atoms with Crippen molar-refractivity contribution in [3.8, 4) is 11.8 Å². The highest BCUT2D eigenvalue weighted by Crippen LogP contribution is 2.21. The number of nitrogens with one attached hydrogen (secondary N) is 2. The number of carboxylic acid groups (broad SMARTS) is 1. The SMILES string of the molecule is CC(C)[C@@H](NS(=O)(=O)N1CCN(c2ccc(C#Cc3ccnc(C(=O)NCc4ccc(N5CCCCC5)cc4)c3)cc2)CC1)C(=O)O. The van der Waals surface area contributed by atoms with E-state index < -0.39 is 22.2 Å². The molecular formula is C35H42N6O5S. The van der Waals surface area contributed by atoms with Gasteiger partial charge in [0.2, 0.25) is 0 Å². The van der Waals surface area contributed by atoms with Gasteiger partial charge in [-0.15, -0.1) is 0 Å².